The van der Waals surface area contributed by atoms with E-state index < -0.39 is 0 Å². The van der Waals surface area contributed by atoms with Crippen molar-refractivity contribution in [2.24, 2.45) is 0 Å². The fourth-order valence-electron chi connectivity index (χ4n) is 2.70. The average molecular weight is 329 g/mol. The molecule has 1 atom stereocenters. The number of benzene rings is 1. The van der Waals surface area contributed by atoms with Gasteiger partial charge in [-0.05, 0) is 49.8 Å². The van der Waals surface area contributed by atoms with Gasteiger partial charge >= 0.3 is 0 Å². The second kappa shape index (κ2) is 8.52. The minimum absolute atomic E-state index is 0.0385. The Hall–Kier alpha value is -2.30. The number of hydrogen-bond donors (Lipinski definition) is 2. The number of amides is 1. The van der Waals surface area contributed by atoms with Crippen LogP contribution in [0, 0.1) is 13.8 Å². The molecule has 5 heteroatoms. The van der Waals surface area contributed by atoms with Gasteiger partial charge in [-0.15, -0.1) is 0 Å². The molecule has 2 aromatic rings. The van der Waals surface area contributed by atoms with Crippen LogP contribution in [0.4, 0.5) is 0 Å². The monoisotopic (exact) mass is 329 g/mol. The molecule has 1 aromatic carbocycles. The average Bonchev–Trinajstić information content (AvgIpc) is 2.91. The molecule has 24 heavy (non-hydrogen) atoms. The largest absolute Gasteiger partial charge is 0.483 e. The van der Waals surface area contributed by atoms with Crippen molar-refractivity contribution in [3.05, 3.63) is 46.8 Å². The fourth-order valence-corrected chi connectivity index (χ4v) is 2.70. The van der Waals surface area contributed by atoms with Crippen molar-refractivity contribution in [3.63, 3.8) is 0 Å². The van der Waals surface area contributed by atoms with Crippen molar-refractivity contribution in [2.45, 2.75) is 46.5 Å². The Labute approximate surface area is 143 Å². The van der Waals surface area contributed by atoms with E-state index in [1.165, 1.54) is 5.56 Å². The summed E-state index contributed by atoms with van der Waals surface area (Å²) in [5.41, 5.74) is 4.36. The molecule has 5 nitrogen and oxygen atoms in total. The predicted octanol–water partition coefficient (Wildman–Crippen LogP) is 3.28. The second-order valence-corrected chi connectivity index (χ2v) is 6.15. The number of nitrogens with one attached hydrogen (secondary N) is 2. The molecule has 1 heterocycles. The fraction of sp³-hybridized carbons (Fsp3) is 0.474. The van der Waals surface area contributed by atoms with Crippen LogP contribution in [-0.2, 0) is 11.2 Å². The quantitative estimate of drug-likeness (QED) is 0.781. The number of H-pyrrole nitrogens is 1. The molecule has 130 valence electrons. The number of aryl methyl sites for hydroxylation is 2. The third-order valence-electron chi connectivity index (χ3n) is 4.40. The highest BCUT2D eigenvalue weighted by Gasteiger charge is 2.11. The van der Waals surface area contributed by atoms with Crippen LogP contribution in [0.25, 0.3) is 0 Å². The number of carbonyl (C=O) groups excluding carboxylic acids is 1. The number of hydrogen-bond acceptors (Lipinski definition) is 3. The van der Waals surface area contributed by atoms with Crippen LogP contribution >= 0.6 is 0 Å². The third kappa shape index (κ3) is 4.60. The maximum absolute atomic E-state index is 12.0. The Morgan fingerprint density at radius 3 is 2.75 bits per heavy atom. The summed E-state index contributed by atoms with van der Waals surface area (Å²) in [7, 11) is 0. The third-order valence-corrected chi connectivity index (χ3v) is 4.40. The van der Waals surface area contributed by atoms with Gasteiger partial charge in [0.1, 0.15) is 5.75 Å². The van der Waals surface area contributed by atoms with Crippen molar-refractivity contribution in [1.82, 2.24) is 15.5 Å². The highest BCUT2D eigenvalue weighted by atomic mass is 16.5. The minimum Gasteiger partial charge on any atom is -0.483 e. The van der Waals surface area contributed by atoms with E-state index in [-0.39, 0.29) is 12.5 Å². The normalized spacial score (nSPS) is 12.0. The van der Waals surface area contributed by atoms with Crippen LogP contribution in [0.2, 0.25) is 0 Å². The van der Waals surface area contributed by atoms with E-state index in [1.807, 2.05) is 32.0 Å². The van der Waals surface area contributed by atoms with Gasteiger partial charge in [0.15, 0.2) is 6.61 Å². The number of ether oxygens (including phenoxy) is 1. The molecule has 0 bridgehead atoms. The van der Waals surface area contributed by atoms with Crippen LogP contribution < -0.4 is 10.1 Å². The number of aromatic amines is 1. The zero-order valence-electron chi connectivity index (χ0n) is 15.0. The highest BCUT2D eigenvalue weighted by molar-refractivity contribution is 5.77. The minimum atomic E-state index is -0.104. The van der Waals surface area contributed by atoms with E-state index in [9.17, 15) is 4.79 Å². The first-order valence-electron chi connectivity index (χ1n) is 8.51. The molecule has 1 aromatic heterocycles. The molecule has 2 N–H and O–H groups in total. The molecule has 2 rings (SSSR count). The van der Waals surface area contributed by atoms with Gasteiger partial charge in [0.25, 0.3) is 5.91 Å². The lowest BCUT2D eigenvalue weighted by molar-refractivity contribution is -0.123. The van der Waals surface area contributed by atoms with E-state index >= 15 is 0 Å². The Bertz CT molecular complexity index is 660. The second-order valence-electron chi connectivity index (χ2n) is 6.15. The van der Waals surface area contributed by atoms with Gasteiger partial charge in [0.2, 0.25) is 0 Å². The van der Waals surface area contributed by atoms with Crippen LogP contribution in [0.1, 0.15) is 48.7 Å². The van der Waals surface area contributed by atoms with Gasteiger partial charge in [0, 0.05) is 12.2 Å². The molecule has 0 saturated carbocycles. The molecular weight excluding hydrogens is 302 g/mol. The SMILES string of the molecule is CC[C@@H](C)c1ccccc1OCC(=O)NCCc1c(C)n[nH]c1C. The summed E-state index contributed by atoms with van der Waals surface area (Å²) in [5.74, 6) is 1.10. The number of nitrogens with zero attached hydrogens (tertiary/aromatic N) is 1. The van der Waals surface area contributed by atoms with Crippen molar-refractivity contribution >= 4 is 5.91 Å². The molecule has 1 amide bonds. The summed E-state index contributed by atoms with van der Waals surface area (Å²) in [5, 5.41) is 10.0. The molecule has 0 spiro atoms. The van der Waals surface area contributed by atoms with Crippen molar-refractivity contribution in [2.75, 3.05) is 13.2 Å². The highest BCUT2D eigenvalue weighted by Crippen LogP contribution is 2.28. The van der Waals surface area contributed by atoms with Crippen LogP contribution in [0.15, 0.2) is 24.3 Å². The van der Waals surface area contributed by atoms with Crippen LogP contribution in [0.3, 0.4) is 0 Å². The summed E-state index contributed by atoms with van der Waals surface area (Å²) in [4.78, 5) is 12.0. The molecular formula is C19H27N3O2. The molecule has 0 fully saturated rings. The summed E-state index contributed by atoms with van der Waals surface area (Å²) in [6, 6.07) is 7.92. The molecule has 0 unspecified atom stereocenters. The van der Waals surface area contributed by atoms with Gasteiger partial charge < -0.3 is 10.1 Å². The number of rotatable bonds is 8. The van der Waals surface area contributed by atoms with Crippen LogP contribution in [0.5, 0.6) is 5.75 Å². The van der Waals surface area contributed by atoms with Crippen molar-refractivity contribution < 1.29 is 9.53 Å². The lowest BCUT2D eigenvalue weighted by atomic mass is 9.98. The van der Waals surface area contributed by atoms with E-state index in [0.717, 1.165) is 35.5 Å². The van der Waals surface area contributed by atoms with E-state index in [1.54, 1.807) is 0 Å². The molecule has 0 aliphatic carbocycles. The maximum Gasteiger partial charge on any atom is 0.257 e. The van der Waals surface area contributed by atoms with Crippen LogP contribution in [-0.4, -0.2) is 29.3 Å². The number of para-hydroxylation sites is 1. The first kappa shape index (κ1) is 18.0. The smallest absolute Gasteiger partial charge is 0.257 e. The van der Waals surface area contributed by atoms with E-state index in [4.69, 9.17) is 4.74 Å². The molecule has 0 saturated heterocycles. The van der Waals surface area contributed by atoms with Gasteiger partial charge in [-0.1, -0.05) is 32.0 Å². The molecule has 0 aliphatic rings. The first-order chi connectivity index (χ1) is 11.5. The van der Waals surface area contributed by atoms with Crippen molar-refractivity contribution in [3.8, 4) is 5.75 Å². The zero-order valence-corrected chi connectivity index (χ0v) is 15.0. The predicted molar refractivity (Wildman–Crippen MR) is 95.4 cm³/mol. The summed E-state index contributed by atoms with van der Waals surface area (Å²) >= 11 is 0. The molecule has 0 radical (unpaired) electrons. The standard InChI is InChI=1S/C19H27N3O2/c1-5-13(2)16-8-6-7-9-18(16)24-12-19(23)20-11-10-17-14(3)21-22-15(17)4/h6-9,13H,5,10-12H2,1-4H3,(H,20,23)(H,21,22)/t13-/m1/s1. The number of aromatic nitrogens is 2. The van der Waals surface area contributed by atoms with Gasteiger partial charge in [-0.25, -0.2) is 0 Å². The zero-order chi connectivity index (χ0) is 17.5. The van der Waals surface area contributed by atoms with E-state index in [0.29, 0.717) is 12.5 Å². The Kier molecular flexibility index (Phi) is 6.41. The van der Waals surface area contributed by atoms with Gasteiger partial charge in [-0.3, -0.25) is 9.89 Å². The topological polar surface area (TPSA) is 67.0 Å². The lowest BCUT2D eigenvalue weighted by Gasteiger charge is -2.15. The molecule has 0 aliphatic heterocycles. The maximum atomic E-state index is 12.0. The summed E-state index contributed by atoms with van der Waals surface area (Å²) in [6.45, 7) is 8.89. The van der Waals surface area contributed by atoms with Gasteiger partial charge in [0.05, 0.1) is 5.69 Å². The first-order valence-corrected chi connectivity index (χ1v) is 8.51. The number of carbonyl (C=O) groups is 1. The summed E-state index contributed by atoms with van der Waals surface area (Å²) in [6.07, 6.45) is 1.80. The van der Waals surface area contributed by atoms with E-state index in [2.05, 4.69) is 35.4 Å². The lowest BCUT2D eigenvalue weighted by Crippen LogP contribution is -2.30. The van der Waals surface area contributed by atoms with Crippen molar-refractivity contribution in [1.29, 1.82) is 0 Å². The Morgan fingerprint density at radius 1 is 1.33 bits per heavy atom. The summed E-state index contributed by atoms with van der Waals surface area (Å²) < 4.78 is 5.73. The Balaban J connectivity index is 1.82. The van der Waals surface area contributed by atoms with Gasteiger partial charge in [-0.2, -0.15) is 5.10 Å². The Morgan fingerprint density at radius 2 is 2.08 bits per heavy atom.